The first-order valence-corrected chi connectivity index (χ1v) is 9.70. The summed E-state index contributed by atoms with van der Waals surface area (Å²) in [6.45, 7) is 1.84. The summed E-state index contributed by atoms with van der Waals surface area (Å²) >= 11 is 0. The van der Waals surface area contributed by atoms with Gasteiger partial charge in [0.15, 0.2) is 11.5 Å². The molecule has 0 aliphatic carbocycles. The number of guanidine groups is 1. The highest BCUT2D eigenvalue weighted by atomic mass is 32.2. The number of nitrogens with zero attached hydrogens (tertiary/aromatic N) is 2. The molecule has 0 bridgehead atoms. The van der Waals surface area contributed by atoms with E-state index in [4.69, 9.17) is 30.2 Å². The van der Waals surface area contributed by atoms with E-state index in [1.54, 1.807) is 24.3 Å². The van der Waals surface area contributed by atoms with Crippen molar-refractivity contribution in [1.29, 1.82) is 0 Å². The zero-order valence-corrected chi connectivity index (χ0v) is 17.7. The molecule has 0 aromatic heterocycles. The standard InChI is InChI=1S/C11H16N4O4.C7H8O3S/c1-17-8-5-10(19-3)9(18-2)4-7(8)6-14-15(16)11(12)13;1-6-2-4-7(5-3-6)11(8,9)10/h4-6H,12-13H2,1-3H3;2-5H,1H3,(H,8,9,10)/b14-6+;. The molecule has 2 aromatic rings. The number of ether oxygens (including phenoxy) is 3. The molecule has 0 fully saturated rings. The molecule has 12 heteroatoms. The van der Waals surface area contributed by atoms with Crippen molar-refractivity contribution in [3.63, 3.8) is 0 Å². The quantitative estimate of drug-likeness (QED) is 0.148. The van der Waals surface area contributed by atoms with Crippen molar-refractivity contribution in [3.8, 4) is 17.2 Å². The minimum Gasteiger partial charge on any atom is -0.722 e. The molecule has 0 atom stereocenters. The van der Waals surface area contributed by atoms with E-state index in [1.165, 1.54) is 39.7 Å². The van der Waals surface area contributed by atoms with Gasteiger partial charge in [-0.15, -0.1) is 9.95 Å². The van der Waals surface area contributed by atoms with E-state index in [1.807, 2.05) is 6.92 Å². The molecule has 0 saturated heterocycles. The van der Waals surface area contributed by atoms with Gasteiger partial charge in [-0.3, -0.25) is 16.0 Å². The molecule has 11 nitrogen and oxygen atoms in total. The van der Waals surface area contributed by atoms with Gasteiger partial charge < -0.3 is 19.4 Å². The summed E-state index contributed by atoms with van der Waals surface area (Å²) in [5, 5.41) is 14.7. The fraction of sp³-hybridized carbons (Fsp3) is 0.222. The SMILES string of the molecule is COc1cc(OC)c(OC)cc1/C=N/[N+]([O-])=C(N)N.Cc1ccc(S(=O)(=O)O)cc1. The smallest absolute Gasteiger partial charge is 0.366 e. The molecule has 2 rings (SSSR count). The second-order valence-corrected chi connectivity index (χ2v) is 7.10. The van der Waals surface area contributed by atoms with Gasteiger partial charge in [-0.1, -0.05) is 17.7 Å². The third kappa shape index (κ3) is 7.14. The highest BCUT2D eigenvalue weighted by Crippen LogP contribution is 2.33. The third-order valence-electron chi connectivity index (χ3n) is 3.58. The molecule has 0 aliphatic rings. The van der Waals surface area contributed by atoms with Crippen LogP contribution in [0.4, 0.5) is 0 Å². The summed E-state index contributed by atoms with van der Waals surface area (Å²) in [5.74, 6) is 0.980. The van der Waals surface area contributed by atoms with Crippen molar-refractivity contribution < 1.29 is 32.0 Å². The summed E-state index contributed by atoms with van der Waals surface area (Å²) in [6.07, 6.45) is 1.26. The Balaban J connectivity index is 0.000000346. The van der Waals surface area contributed by atoms with E-state index in [2.05, 4.69) is 5.10 Å². The maximum atomic E-state index is 11.1. The first-order valence-electron chi connectivity index (χ1n) is 8.26. The Hall–Kier alpha value is -3.51. The first-order chi connectivity index (χ1) is 14.0. The van der Waals surface area contributed by atoms with Crippen LogP contribution in [0.15, 0.2) is 46.4 Å². The van der Waals surface area contributed by atoms with Gasteiger partial charge in [0, 0.05) is 11.6 Å². The maximum Gasteiger partial charge on any atom is 0.366 e. The van der Waals surface area contributed by atoms with Crippen molar-refractivity contribution in [3.05, 3.63) is 52.7 Å². The molecular weight excluding hydrogens is 416 g/mol. The molecule has 0 unspecified atom stereocenters. The van der Waals surface area contributed by atoms with Crippen LogP contribution in [0, 0.1) is 12.1 Å². The molecule has 0 aliphatic heterocycles. The average molecular weight is 440 g/mol. The van der Waals surface area contributed by atoms with Crippen molar-refractivity contribution in [2.75, 3.05) is 21.3 Å². The number of hydrazone groups is 1. The van der Waals surface area contributed by atoms with Crippen molar-refractivity contribution in [2.24, 2.45) is 16.6 Å². The lowest BCUT2D eigenvalue weighted by Gasteiger charge is -2.12. The van der Waals surface area contributed by atoms with E-state index in [0.29, 0.717) is 22.8 Å². The Bertz CT molecular complexity index is 1020. The number of benzene rings is 2. The van der Waals surface area contributed by atoms with Crippen LogP contribution in [-0.4, -0.2) is 51.3 Å². The van der Waals surface area contributed by atoms with Crippen LogP contribution >= 0.6 is 0 Å². The third-order valence-corrected chi connectivity index (χ3v) is 4.45. The predicted molar refractivity (Wildman–Crippen MR) is 112 cm³/mol. The minimum absolute atomic E-state index is 0.0666. The van der Waals surface area contributed by atoms with E-state index >= 15 is 0 Å². The van der Waals surface area contributed by atoms with E-state index < -0.39 is 16.1 Å². The number of hydrogen-bond acceptors (Lipinski definition) is 7. The maximum absolute atomic E-state index is 11.1. The predicted octanol–water partition coefficient (Wildman–Crippen LogP) is 1.07. The second-order valence-electron chi connectivity index (χ2n) is 5.68. The molecule has 164 valence electrons. The van der Waals surface area contributed by atoms with Crippen molar-refractivity contribution in [1.82, 2.24) is 0 Å². The van der Waals surface area contributed by atoms with Gasteiger partial charge >= 0.3 is 5.96 Å². The van der Waals surface area contributed by atoms with Crippen molar-refractivity contribution in [2.45, 2.75) is 11.8 Å². The molecule has 0 radical (unpaired) electrons. The van der Waals surface area contributed by atoms with Crippen LogP contribution in [-0.2, 0) is 10.1 Å². The van der Waals surface area contributed by atoms with Gasteiger partial charge in [0.2, 0.25) is 0 Å². The van der Waals surface area contributed by atoms with Crippen LogP contribution in [0.3, 0.4) is 0 Å². The molecule has 0 heterocycles. The Kier molecular flexibility index (Phi) is 8.89. The summed E-state index contributed by atoms with van der Waals surface area (Å²) in [4.78, 5) is 0.0268. The van der Waals surface area contributed by atoms with Crippen LogP contribution in [0.2, 0.25) is 0 Å². The van der Waals surface area contributed by atoms with Gasteiger partial charge in [-0.05, 0) is 25.1 Å². The molecule has 0 saturated carbocycles. The summed E-state index contributed by atoms with van der Waals surface area (Å²) < 4.78 is 45.0. The van der Waals surface area contributed by atoms with Crippen LogP contribution < -0.4 is 25.7 Å². The molecule has 0 spiro atoms. The topological polar surface area (TPSA) is 173 Å². The van der Waals surface area contributed by atoms with Gasteiger partial charge in [0.05, 0.1) is 32.4 Å². The lowest BCUT2D eigenvalue weighted by atomic mass is 10.2. The largest absolute Gasteiger partial charge is 0.722 e. The first kappa shape index (κ1) is 24.5. The monoisotopic (exact) mass is 440 g/mol. The molecule has 5 N–H and O–H groups in total. The Morgan fingerprint density at radius 2 is 1.53 bits per heavy atom. The molecule has 30 heavy (non-hydrogen) atoms. The number of aryl methyl sites for hydroxylation is 1. The number of nitrogens with two attached hydrogens (primary N) is 2. The van der Waals surface area contributed by atoms with Crippen LogP contribution in [0.25, 0.3) is 0 Å². The lowest BCUT2D eigenvalue weighted by Crippen LogP contribution is -2.30. The summed E-state index contributed by atoms with van der Waals surface area (Å²) in [5.41, 5.74) is 11.7. The summed E-state index contributed by atoms with van der Waals surface area (Å²) in [7, 11) is 0.469. The number of hydrogen-bond donors (Lipinski definition) is 3. The highest BCUT2D eigenvalue weighted by molar-refractivity contribution is 7.85. The van der Waals surface area contributed by atoms with Gasteiger partial charge in [-0.25, -0.2) is 0 Å². The molecule has 2 aromatic carbocycles. The van der Waals surface area contributed by atoms with Crippen LogP contribution in [0.5, 0.6) is 17.2 Å². The molecular formula is C18H24N4O7S. The average Bonchev–Trinajstić information content (AvgIpc) is 2.71. The minimum atomic E-state index is -4.02. The molecule has 0 amide bonds. The lowest BCUT2D eigenvalue weighted by molar-refractivity contribution is -0.463. The Morgan fingerprint density at radius 3 is 1.97 bits per heavy atom. The Morgan fingerprint density at radius 1 is 1.03 bits per heavy atom. The van der Waals surface area contributed by atoms with E-state index in [9.17, 15) is 13.6 Å². The zero-order chi connectivity index (χ0) is 22.9. The van der Waals surface area contributed by atoms with Crippen molar-refractivity contribution >= 4 is 22.3 Å². The second kappa shape index (κ2) is 10.9. The fourth-order valence-corrected chi connectivity index (χ4v) is 2.53. The van der Waals surface area contributed by atoms with E-state index in [-0.39, 0.29) is 9.74 Å². The van der Waals surface area contributed by atoms with Gasteiger partial charge in [-0.2, -0.15) is 8.42 Å². The summed E-state index contributed by atoms with van der Waals surface area (Å²) in [6, 6.07) is 9.22. The van der Waals surface area contributed by atoms with E-state index in [0.717, 1.165) is 5.56 Å². The van der Waals surface area contributed by atoms with Gasteiger partial charge in [0.25, 0.3) is 10.1 Å². The number of methoxy groups -OCH3 is 3. The number of rotatable bonds is 6. The zero-order valence-electron chi connectivity index (χ0n) is 16.9. The fourth-order valence-electron chi connectivity index (χ4n) is 2.05. The normalized spacial score (nSPS) is 10.7. The Labute approximate surface area is 174 Å². The van der Waals surface area contributed by atoms with Crippen LogP contribution in [0.1, 0.15) is 11.1 Å². The van der Waals surface area contributed by atoms with Gasteiger partial charge in [0.1, 0.15) is 5.75 Å². The highest BCUT2D eigenvalue weighted by Gasteiger charge is 2.10.